The van der Waals surface area contributed by atoms with Crippen molar-refractivity contribution in [2.45, 2.75) is 25.8 Å². The van der Waals surface area contributed by atoms with Gasteiger partial charge in [0.05, 0.1) is 17.9 Å². The second-order valence-corrected chi connectivity index (χ2v) is 8.14. The summed E-state index contributed by atoms with van der Waals surface area (Å²) in [5.74, 6) is 0.0491. The molecule has 2 N–H and O–H groups in total. The van der Waals surface area contributed by atoms with Crippen molar-refractivity contribution < 1.29 is 14.3 Å². The zero-order valence-corrected chi connectivity index (χ0v) is 18.2. The summed E-state index contributed by atoms with van der Waals surface area (Å²) in [5, 5.41) is 1.55. The van der Waals surface area contributed by atoms with Crippen LogP contribution in [0.4, 0.5) is 0 Å². The molecule has 31 heavy (non-hydrogen) atoms. The molecule has 3 aromatic rings. The summed E-state index contributed by atoms with van der Waals surface area (Å²) in [6.07, 6.45) is 2.22. The van der Waals surface area contributed by atoms with E-state index in [9.17, 15) is 9.59 Å². The molecule has 0 unspecified atom stereocenters. The average Bonchev–Trinajstić information content (AvgIpc) is 3.36. The van der Waals surface area contributed by atoms with Crippen molar-refractivity contribution in [2.75, 3.05) is 26.8 Å². The minimum Gasteiger partial charge on any atom is -0.383 e. The summed E-state index contributed by atoms with van der Waals surface area (Å²) in [6.45, 7) is 3.92. The Balaban J connectivity index is 1.59. The molecular formula is C22H24ClN5O3. The fraction of sp³-hybridized carbons (Fsp3) is 0.364. The third-order valence-corrected chi connectivity index (χ3v) is 5.94. The topological polar surface area (TPSA) is 103 Å². The fourth-order valence-corrected chi connectivity index (χ4v) is 4.26. The number of rotatable bonds is 6. The van der Waals surface area contributed by atoms with Crippen molar-refractivity contribution in [1.29, 1.82) is 0 Å². The minimum atomic E-state index is -0.545. The Hall–Kier alpha value is -2.97. The Labute approximate surface area is 185 Å². The van der Waals surface area contributed by atoms with Gasteiger partial charge in [0.2, 0.25) is 0 Å². The fourth-order valence-electron chi connectivity index (χ4n) is 4.08. The first-order valence-corrected chi connectivity index (χ1v) is 10.5. The predicted octanol–water partition coefficient (Wildman–Crippen LogP) is 2.77. The maximum atomic E-state index is 13.4. The summed E-state index contributed by atoms with van der Waals surface area (Å²) in [7, 11) is 1.64. The van der Waals surface area contributed by atoms with Crippen LogP contribution in [0.15, 0.2) is 30.5 Å². The van der Waals surface area contributed by atoms with Gasteiger partial charge in [-0.2, -0.15) is 0 Å². The SMILES string of the molecule is COCCn1c(C(=O)N2CC[C@H](c3ncc(C(N)=O)c(C)n3)C2)cc2cc(Cl)ccc21. The third-order valence-electron chi connectivity index (χ3n) is 5.71. The van der Waals surface area contributed by atoms with Gasteiger partial charge in [0, 0.05) is 54.8 Å². The van der Waals surface area contributed by atoms with Crippen LogP contribution in [0.5, 0.6) is 0 Å². The first-order valence-electron chi connectivity index (χ1n) is 10.1. The maximum absolute atomic E-state index is 13.4. The lowest BCUT2D eigenvalue weighted by molar-refractivity contribution is 0.0777. The number of halogens is 1. The van der Waals surface area contributed by atoms with E-state index in [2.05, 4.69) is 9.97 Å². The monoisotopic (exact) mass is 441 g/mol. The summed E-state index contributed by atoms with van der Waals surface area (Å²) in [5.41, 5.74) is 7.77. The van der Waals surface area contributed by atoms with Crippen LogP contribution in [0.25, 0.3) is 10.9 Å². The number of likely N-dealkylation sites (tertiary alicyclic amines) is 1. The smallest absolute Gasteiger partial charge is 0.270 e. The molecule has 4 rings (SSSR count). The highest BCUT2D eigenvalue weighted by atomic mass is 35.5. The minimum absolute atomic E-state index is 0.0100. The normalized spacial score (nSPS) is 16.2. The van der Waals surface area contributed by atoms with Crippen LogP contribution in [-0.2, 0) is 11.3 Å². The Morgan fingerprint density at radius 3 is 2.84 bits per heavy atom. The molecule has 8 nitrogen and oxygen atoms in total. The van der Waals surface area contributed by atoms with Crippen molar-refractivity contribution >= 4 is 34.3 Å². The van der Waals surface area contributed by atoms with Gasteiger partial charge in [0.1, 0.15) is 11.5 Å². The van der Waals surface area contributed by atoms with Gasteiger partial charge in [0.15, 0.2) is 0 Å². The molecule has 0 saturated carbocycles. The van der Waals surface area contributed by atoms with Gasteiger partial charge in [-0.05, 0) is 37.6 Å². The highest BCUT2D eigenvalue weighted by Gasteiger charge is 2.31. The van der Waals surface area contributed by atoms with Gasteiger partial charge in [-0.3, -0.25) is 9.59 Å². The first kappa shape index (κ1) is 21.3. The van der Waals surface area contributed by atoms with E-state index in [1.54, 1.807) is 14.0 Å². The summed E-state index contributed by atoms with van der Waals surface area (Å²) in [4.78, 5) is 35.4. The van der Waals surface area contributed by atoms with E-state index < -0.39 is 5.91 Å². The molecule has 1 aliphatic rings. The van der Waals surface area contributed by atoms with Crippen LogP contribution in [0.2, 0.25) is 5.02 Å². The summed E-state index contributed by atoms with van der Waals surface area (Å²) < 4.78 is 7.22. The molecule has 2 amide bonds. The maximum Gasteiger partial charge on any atom is 0.270 e. The van der Waals surface area contributed by atoms with E-state index in [1.165, 1.54) is 6.20 Å². The number of amides is 2. The second kappa shape index (κ2) is 8.64. The highest BCUT2D eigenvalue weighted by Crippen LogP contribution is 2.29. The van der Waals surface area contributed by atoms with E-state index in [-0.39, 0.29) is 11.8 Å². The van der Waals surface area contributed by atoms with Crippen LogP contribution < -0.4 is 5.73 Å². The molecule has 0 aliphatic carbocycles. The number of ether oxygens (including phenoxy) is 1. The number of carbonyl (C=O) groups excluding carboxylic acids is 2. The van der Waals surface area contributed by atoms with Gasteiger partial charge >= 0.3 is 0 Å². The number of benzene rings is 1. The van der Waals surface area contributed by atoms with E-state index in [0.29, 0.717) is 54.0 Å². The number of primary amides is 1. The first-order chi connectivity index (χ1) is 14.9. The van der Waals surface area contributed by atoms with Crippen LogP contribution in [0.3, 0.4) is 0 Å². The molecule has 3 heterocycles. The molecule has 2 aromatic heterocycles. The summed E-state index contributed by atoms with van der Waals surface area (Å²) in [6, 6.07) is 7.49. The number of aryl methyl sites for hydroxylation is 1. The van der Waals surface area contributed by atoms with Crippen LogP contribution in [0, 0.1) is 6.92 Å². The van der Waals surface area contributed by atoms with Crippen molar-refractivity contribution in [1.82, 2.24) is 19.4 Å². The molecule has 1 fully saturated rings. The van der Waals surface area contributed by atoms with Crippen molar-refractivity contribution in [3.05, 3.63) is 58.3 Å². The molecular weight excluding hydrogens is 418 g/mol. The Morgan fingerprint density at radius 2 is 2.13 bits per heavy atom. The molecule has 1 atom stereocenters. The average molecular weight is 442 g/mol. The van der Waals surface area contributed by atoms with E-state index in [0.717, 1.165) is 17.3 Å². The van der Waals surface area contributed by atoms with Crippen LogP contribution in [-0.4, -0.2) is 58.1 Å². The van der Waals surface area contributed by atoms with Crippen molar-refractivity contribution in [3.63, 3.8) is 0 Å². The Kier molecular flexibility index (Phi) is 5.93. The molecule has 1 saturated heterocycles. The molecule has 0 radical (unpaired) electrons. The van der Waals surface area contributed by atoms with Crippen molar-refractivity contribution in [3.8, 4) is 0 Å². The lowest BCUT2D eigenvalue weighted by Crippen LogP contribution is -2.30. The Bertz CT molecular complexity index is 1160. The van der Waals surface area contributed by atoms with Gasteiger partial charge in [-0.1, -0.05) is 11.6 Å². The summed E-state index contributed by atoms with van der Waals surface area (Å²) >= 11 is 6.15. The molecule has 0 spiro atoms. The lowest BCUT2D eigenvalue weighted by Gasteiger charge is -2.18. The van der Waals surface area contributed by atoms with Crippen molar-refractivity contribution in [2.24, 2.45) is 5.73 Å². The largest absolute Gasteiger partial charge is 0.383 e. The number of nitrogens with two attached hydrogens (primary N) is 1. The van der Waals surface area contributed by atoms with Crippen LogP contribution in [0.1, 0.15) is 44.7 Å². The van der Waals surface area contributed by atoms with Gasteiger partial charge in [-0.15, -0.1) is 0 Å². The number of aromatic nitrogens is 3. The quantitative estimate of drug-likeness (QED) is 0.633. The van der Waals surface area contributed by atoms with Gasteiger partial charge in [-0.25, -0.2) is 9.97 Å². The zero-order chi connectivity index (χ0) is 22.1. The second-order valence-electron chi connectivity index (χ2n) is 7.71. The van der Waals surface area contributed by atoms with Gasteiger partial charge < -0.3 is 19.9 Å². The standard InChI is InChI=1S/C22H24ClN5O3/c1-13-17(20(24)29)11-25-21(26-13)14-5-6-27(12-14)22(30)19-10-15-9-16(23)3-4-18(15)28(19)7-8-31-2/h3-4,9-11,14H,5-8,12H2,1-2H3,(H2,24,29)/t14-/m0/s1. The third kappa shape index (κ3) is 4.13. The van der Waals surface area contributed by atoms with E-state index >= 15 is 0 Å². The molecule has 9 heteroatoms. The van der Waals surface area contributed by atoms with Crippen LogP contribution >= 0.6 is 11.6 Å². The highest BCUT2D eigenvalue weighted by molar-refractivity contribution is 6.31. The Morgan fingerprint density at radius 1 is 1.32 bits per heavy atom. The number of hydrogen-bond acceptors (Lipinski definition) is 5. The number of methoxy groups -OCH3 is 1. The molecule has 1 aromatic carbocycles. The zero-order valence-electron chi connectivity index (χ0n) is 17.5. The predicted molar refractivity (Wildman–Crippen MR) is 117 cm³/mol. The number of carbonyl (C=O) groups is 2. The number of fused-ring (bicyclic) bond motifs is 1. The lowest BCUT2D eigenvalue weighted by atomic mass is 10.1. The number of hydrogen-bond donors (Lipinski definition) is 1. The molecule has 1 aliphatic heterocycles. The van der Waals surface area contributed by atoms with E-state index in [4.69, 9.17) is 22.1 Å². The van der Waals surface area contributed by atoms with E-state index in [1.807, 2.05) is 33.7 Å². The molecule has 0 bridgehead atoms. The van der Waals surface area contributed by atoms with Gasteiger partial charge in [0.25, 0.3) is 11.8 Å². The number of nitrogens with zero attached hydrogens (tertiary/aromatic N) is 4. The molecule has 162 valence electrons.